The first kappa shape index (κ1) is 22.7. The molecule has 1 heterocycles. The van der Waals surface area contributed by atoms with Gasteiger partial charge < -0.3 is 9.80 Å². The summed E-state index contributed by atoms with van der Waals surface area (Å²) in [6, 6.07) is 15.8. The van der Waals surface area contributed by atoms with Crippen molar-refractivity contribution in [3.05, 3.63) is 59.2 Å². The molecule has 1 aliphatic rings. The first-order valence-electron chi connectivity index (χ1n) is 12.0. The molecule has 2 atom stereocenters. The van der Waals surface area contributed by atoms with E-state index in [1.54, 1.807) is 0 Å². The molecule has 0 bridgehead atoms. The molecule has 0 saturated carbocycles. The van der Waals surface area contributed by atoms with E-state index in [4.69, 9.17) is 0 Å². The molecule has 1 saturated heterocycles. The minimum atomic E-state index is 0.319. The average molecular weight is 407 g/mol. The number of anilines is 2. The van der Waals surface area contributed by atoms with Gasteiger partial charge in [-0.15, -0.1) is 0 Å². The molecule has 1 fully saturated rings. The lowest BCUT2D eigenvalue weighted by Gasteiger charge is -2.51. The van der Waals surface area contributed by atoms with Crippen molar-refractivity contribution in [1.82, 2.24) is 0 Å². The standard InChI is InChI=1S/C28H42N2/c1-8-22-14-11-12-17-26(22)29(7)19-25-20-30(18-21(4)28(25,5)6)27-23(9-2)15-13-16-24(27)10-3/h11-17,21,25H,8-10,18-20H2,1-7H3/t21-,25+/m1/s1. The summed E-state index contributed by atoms with van der Waals surface area (Å²) in [5.41, 5.74) is 7.69. The van der Waals surface area contributed by atoms with Gasteiger partial charge >= 0.3 is 0 Å². The van der Waals surface area contributed by atoms with E-state index >= 15 is 0 Å². The third-order valence-electron chi connectivity index (χ3n) is 7.82. The SMILES string of the molecule is CCc1ccccc1N(C)C[C@H]1CN(c2c(CC)cccc2CC)C[C@@H](C)C1(C)C. The van der Waals surface area contributed by atoms with Crippen LogP contribution in [-0.2, 0) is 19.3 Å². The lowest BCUT2D eigenvalue weighted by Crippen LogP contribution is -2.53. The van der Waals surface area contributed by atoms with Crippen LogP contribution in [-0.4, -0.2) is 26.7 Å². The van der Waals surface area contributed by atoms with Crippen molar-refractivity contribution in [2.75, 3.05) is 36.5 Å². The number of benzene rings is 2. The number of piperidine rings is 1. The van der Waals surface area contributed by atoms with Crippen molar-refractivity contribution >= 4 is 11.4 Å². The van der Waals surface area contributed by atoms with E-state index in [1.807, 2.05) is 0 Å². The Labute approximate surface area is 185 Å². The number of para-hydroxylation sites is 2. The number of hydrogen-bond acceptors (Lipinski definition) is 2. The smallest absolute Gasteiger partial charge is 0.0431 e. The third kappa shape index (κ3) is 4.38. The maximum atomic E-state index is 2.72. The molecule has 1 aliphatic heterocycles. The fourth-order valence-corrected chi connectivity index (χ4v) is 5.25. The summed E-state index contributed by atoms with van der Waals surface area (Å²) in [6.45, 7) is 17.7. The highest BCUT2D eigenvalue weighted by atomic mass is 15.2. The maximum absolute atomic E-state index is 2.72. The van der Waals surface area contributed by atoms with E-state index in [2.05, 4.69) is 101 Å². The van der Waals surface area contributed by atoms with Crippen LogP contribution >= 0.6 is 0 Å². The zero-order valence-corrected chi connectivity index (χ0v) is 20.3. The van der Waals surface area contributed by atoms with Crippen molar-refractivity contribution in [3.8, 4) is 0 Å². The van der Waals surface area contributed by atoms with Gasteiger partial charge in [0, 0.05) is 38.1 Å². The van der Waals surface area contributed by atoms with E-state index in [1.165, 1.54) is 28.1 Å². The lowest BCUT2D eigenvalue weighted by molar-refractivity contribution is 0.107. The Morgan fingerprint density at radius 1 is 0.867 bits per heavy atom. The molecular weight excluding hydrogens is 364 g/mol. The zero-order chi connectivity index (χ0) is 21.9. The van der Waals surface area contributed by atoms with Crippen molar-refractivity contribution in [2.24, 2.45) is 17.3 Å². The van der Waals surface area contributed by atoms with Crippen LogP contribution in [0, 0.1) is 17.3 Å². The zero-order valence-electron chi connectivity index (χ0n) is 20.3. The van der Waals surface area contributed by atoms with Gasteiger partial charge in [0.2, 0.25) is 0 Å². The van der Waals surface area contributed by atoms with Crippen LogP contribution < -0.4 is 9.80 Å². The van der Waals surface area contributed by atoms with Crippen LogP contribution in [0.2, 0.25) is 0 Å². The molecule has 0 N–H and O–H groups in total. The first-order chi connectivity index (χ1) is 14.3. The first-order valence-corrected chi connectivity index (χ1v) is 12.0. The van der Waals surface area contributed by atoms with E-state index in [9.17, 15) is 0 Å². The molecule has 0 aromatic heterocycles. The fourth-order valence-electron chi connectivity index (χ4n) is 5.25. The van der Waals surface area contributed by atoms with Crippen LogP contribution in [0.1, 0.15) is 58.2 Å². The quantitative estimate of drug-likeness (QED) is 0.510. The molecular formula is C28H42N2. The highest BCUT2D eigenvalue weighted by Gasteiger charge is 2.42. The van der Waals surface area contributed by atoms with Crippen molar-refractivity contribution in [3.63, 3.8) is 0 Å². The second kappa shape index (κ2) is 9.45. The Morgan fingerprint density at radius 3 is 2.03 bits per heavy atom. The molecule has 0 unspecified atom stereocenters. The van der Waals surface area contributed by atoms with E-state index in [-0.39, 0.29) is 0 Å². The molecule has 2 heteroatoms. The van der Waals surface area contributed by atoms with Crippen molar-refractivity contribution in [2.45, 2.75) is 60.8 Å². The lowest BCUT2D eigenvalue weighted by atomic mass is 9.66. The Hall–Kier alpha value is -1.96. The molecule has 2 aromatic carbocycles. The van der Waals surface area contributed by atoms with Gasteiger partial charge in [-0.3, -0.25) is 0 Å². The molecule has 0 spiro atoms. The van der Waals surface area contributed by atoms with Crippen molar-refractivity contribution in [1.29, 1.82) is 0 Å². The largest absolute Gasteiger partial charge is 0.374 e. The molecule has 164 valence electrons. The summed E-state index contributed by atoms with van der Waals surface area (Å²) in [6.07, 6.45) is 3.29. The Morgan fingerprint density at radius 2 is 1.43 bits per heavy atom. The maximum Gasteiger partial charge on any atom is 0.0431 e. The summed E-state index contributed by atoms with van der Waals surface area (Å²) >= 11 is 0. The number of hydrogen-bond donors (Lipinski definition) is 0. The van der Waals surface area contributed by atoms with Crippen LogP contribution in [0.4, 0.5) is 11.4 Å². The topological polar surface area (TPSA) is 6.48 Å². The minimum Gasteiger partial charge on any atom is -0.374 e. The summed E-state index contributed by atoms with van der Waals surface area (Å²) in [7, 11) is 2.28. The molecule has 2 nitrogen and oxygen atoms in total. The number of nitrogens with zero attached hydrogens (tertiary/aromatic N) is 2. The van der Waals surface area contributed by atoms with Gasteiger partial charge in [0.15, 0.2) is 0 Å². The molecule has 0 amide bonds. The summed E-state index contributed by atoms with van der Waals surface area (Å²) in [4.78, 5) is 5.23. The van der Waals surface area contributed by atoms with Crippen LogP contribution in [0.3, 0.4) is 0 Å². The second-order valence-electron chi connectivity index (χ2n) is 9.82. The highest BCUT2D eigenvalue weighted by molar-refractivity contribution is 5.61. The van der Waals surface area contributed by atoms with Gasteiger partial charge in [0.1, 0.15) is 0 Å². The van der Waals surface area contributed by atoms with E-state index < -0.39 is 0 Å². The molecule has 0 aliphatic carbocycles. The Kier molecular flexibility index (Phi) is 7.16. The van der Waals surface area contributed by atoms with Gasteiger partial charge in [-0.2, -0.15) is 0 Å². The summed E-state index contributed by atoms with van der Waals surface area (Å²) < 4.78 is 0. The predicted molar refractivity (Wildman–Crippen MR) is 133 cm³/mol. The van der Waals surface area contributed by atoms with E-state index in [0.29, 0.717) is 17.3 Å². The van der Waals surface area contributed by atoms with Gasteiger partial charge in [-0.1, -0.05) is 77.9 Å². The van der Waals surface area contributed by atoms with Gasteiger partial charge in [0.05, 0.1) is 0 Å². The van der Waals surface area contributed by atoms with Gasteiger partial charge in [-0.05, 0) is 59.3 Å². The van der Waals surface area contributed by atoms with Crippen molar-refractivity contribution < 1.29 is 0 Å². The summed E-state index contributed by atoms with van der Waals surface area (Å²) in [5.74, 6) is 1.27. The minimum absolute atomic E-state index is 0.319. The van der Waals surface area contributed by atoms with Crippen LogP contribution in [0.25, 0.3) is 0 Å². The van der Waals surface area contributed by atoms with Crippen LogP contribution in [0.15, 0.2) is 42.5 Å². The molecule has 3 rings (SSSR count). The van der Waals surface area contributed by atoms with Gasteiger partial charge in [0.25, 0.3) is 0 Å². The molecule has 0 radical (unpaired) electrons. The second-order valence-corrected chi connectivity index (χ2v) is 9.82. The number of aryl methyl sites for hydroxylation is 3. The highest BCUT2D eigenvalue weighted by Crippen LogP contribution is 2.43. The van der Waals surface area contributed by atoms with Gasteiger partial charge in [-0.25, -0.2) is 0 Å². The average Bonchev–Trinajstić information content (AvgIpc) is 2.76. The Balaban J connectivity index is 1.91. The van der Waals surface area contributed by atoms with Crippen LogP contribution in [0.5, 0.6) is 0 Å². The summed E-state index contributed by atoms with van der Waals surface area (Å²) in [5, 5.41) is 0. The third-order valence-corrected chi connectivity index (χ3v) is 7.82. The predicted octanol–water partition coefficient (Wildman–Crippen LogP) is 6.61. The van der Waals surface area contributed by atoms with E-state index in [0.717, 1.165) is 38.9 Å². The molecule has 2 aromatic rings. The Bertz CT molecular complexity index is 816. The normalized spacial score (nSPS) is 21.0. The fraction of sp³-hybridized carbons (Fsp3) is 0.571. The monoisotopic (exact) mass is 406 g/mol. The molecule has 30 heavy (non-hydrogen) atoms. The number of rotatable bonds is 7.